The molecule has 0 spiro atoms. The Balaban J connectivity index is 1.92. The molecule has 76 valence electrons. The summed E-state index contributed by atoms with van der Waals surface area (Å²) in [7, 11) is 0. The summed E-state index contributed by atoms with van der Waals surface area (Å²) in [6, 6.07) is 4.18. The summed E-state index contributed by atoms with van der Waals surface area (Å²) in [5, 5.41) is 8.32. The van der Waals surface area contributed by atoms with Crippen LogP contribution in [0.25, 0.3) is 0 Å². The molecular weight excluding hydrogens is 172 g/mol. The van der Waals surface area contributed by atoms with Gasteiger partial charge in [-0.05, 0) is 31.4 Å². The first-order valence-corrected chi connectivity index (χ1v) is 5.64. The van der Waals surface area contributed by atoms with Gasteiger partial charge in [-0.1, -0.05) is 32.1 Å². The lowest BCUT2D eigenvalue weighted by Gasteiger charge is -2.20. The maximum absolute atomic E-state index is 4.22. The highest BCUT2D eigenvalue weighted by Gasteiger charge is 2.14. The minimum absolute atomic E-state index is 0.862. The molecule has 0 amide bonds. The normalized spacial score (nSPS) is 18.4. The molecule has 1 aromatic heterocycles. The molecule has 2 heteroatoms. The van der Waals surface area contributed by atoms with E-state index in [0.717, 1.165) is 18.0 Å². The zero-order valence-corrected chi connectivity index (χ0v) is 8.87. The highest BCUT2D eigenvalue weighted by atomic mass is 15.1. The fraction of sp³-hybridized carbons (Fsp3) is 0.667. The maximum Gasteiger partial charge on any atom is 0.0634 e. The quantitative estimate of drug-likeness (QED) is 0.716. The van der Waals surface area contributed by atoms with Crippen LogP contribution in [0.15, 0.2) is 12.1 Å². The minimum atomic E-state index is 0.862. The molecule has 1 aliphatic rings. The number of aromatic nitrogens is 2. The van der Waals surface area contributed by atoms with Gasteiger partial charge in [0.25, 0.3) is 0 Å². The highest BCUT2D eigenvalue weighted by molar-refractivity contribution is 5.06. The van der Waals surface area contributed by atoms with E-state index in [4.69, 9.17) is 0 Å². The van der Waals surface area contributed by atoms with Crippen LogP contribution in [0.4, 0.5) is 0 Å². The van der Waals surface area contributed by atoms with Crippen molar-refractivity contribution in [3.05, 3.63) is 23.5 Å². The summed E-state index contributed by atoms with van der Waals surface area (Å²) in [4.78, 5) is 0. The van der Waals surface area contributed by atoms with Crippen LogP contribution in [0.3, 0.4) is 0 Å². The van der Waals surface area contributed by atoms with Gasteiger partial charge in [-0.15, -0.1) is 0 Å². The lowest BCUT2D eigenvalue weighted by molar-refractivity contribution is 0.353. The zero-order chi connectivity index (χ0) is 9.80. The summed E-state index contributed by atoms with van der Waals surface area (Å²) in [6.07, 6.45) is 8.14. The molecule has 14 heavy (non-hydrogen) atoms. The minimum Gasteiger partial charge on any atom is -0.156 e. The first kappa shape index (κ1) is 9.63. The molecule has 1 fully saturated rings. The number of hydrogen-bond donors (Lipinski definition) is 0. The van der Waals surface area contributed by atoms with Crippen molar-refractivity contribution < 1.29 is 0 Å². The number of nitrogens with zero attached hydrogens (tertiary/aromatic N) is 2. The van der Waals surface area contributed by atoms with Crippen LogP contribution in [0.1, 0.15) is 43.5 Å². The Bertz CT molecular complexity index is 273. The molecular formula is C12H18N2. The standard InChI is InChI=1S/C12H18N2/c1-10-7-8-12(14-13-10)9-11-5-3-2-4-6-11/h7-8,11H,2-6,9H2,1H3. The van der Waals surface area contributed by atoms with Crippen LogP contribution in [0.2, 0.25) is 0 Å². The molecule has 2 nitrogen and oxygen atoms in total. The molecule has 0 atom stereocenters. The van der Waals surface area contributed by atoms with Gasteiger partial charge in [0.1, 0.15) is 0 Å². The summed E-state index contributed by atoms with van der Waals surface area (Å²) in [5.74, 6) is 0.862. The molecule has 1 aromatic rings. The Labute approximate surface area is 85.8 Å². The molecule has 0 unspecified atom stereocenters. The molecule has 0 saturated heterocycles. The Kier molecular flexibility index (Phi) is 3.12. The van der Waals surface area contributed by atoms with Crippen molar-refractivity contribution >= 4 is 0 Å². The van der Waals surface area contributed by atoms with Crippen LogP contribution in [-0.4, -0.2) is 10.2 Å². The van der Waals surface area contributed by atoms with Gasteiger partial charge in [-0.3, -0.25) is 0 Å². The average Bonchev–Trinajstić information content (AvgIpc) is 2.23. The van der Waals surface area contributed by atoms with Crippen LogP contribution in [0.5, 0.6) is 0 Å². The number of rotatable bonds is 2. The van der Waals surface area contributed by atoms with Crippen molar-refractivity contribution in [3.8, 4) is 0 Å². The monoisotopic (exact) mass is 190 g/mol. The lowest BCUT2D eigenvalue weighted by Crippen LogP contribution is -2.10. The van der Waals surface area contributed by atoms with Gasteiger partial charge in [-0.2, -0.15) is 10.2 Å². The van der Waals surface area contributed by atoms with Gasteiger partial charge < -0.3 is 0 Å². The fourth-order valence-electron chi connectivity index (χ4n) is 2.22. The van der Waals surface area contributed by atoms with Gasteiger partial charge >= 0.3 is 0 Å². The average molecular weight is 190 g/mol. The van der Waals surface area contributed by atoms with Crippen molar-refractivity contribution in [2.75, 3.05) is 0 Å². The summed E-state index contributed by atoms with van der Waals surface area (Å²) in [5.41, 5.74) is 2.18. The Morgan fingerprint density at radius 3 is 2.57 bits per heavy atom. The largest absolute Gasteiger partial charge is 0.156 e. The lowest BCUT2D eigenvalue weighted by atomic mass is 9.86. The molecule has 1 saturated carbocycles. The predicted molar refractivity (Wildman–Crippen MR) is 57.0 cm³/mol. The third-order valence-electron chi connectivity index (χ3n) is 3.08. The molecule has 2 rings (SSSR count). The number of hydrogen-bond acceptors (Lipinski definition) is 2. The van der Waals surface area contributed by atoms with E-state index in [1.54, 1.807) is 0 Å². The third-order valence-corrected chi connectivity index (χ3v) is 3.08. The second-order valence-electron chi connectivity index (χ2n) is 4.37. The predicted octanol–water partition coefficient (Wildman–Crippen LogP) is 2.91. The third kappa shape index (κ3) is 2.53. The van der Waals surface area contributed by atoms with Crippen molar-refractivity contribution in [3.63, 3.8) is 0 Å². The molecule has 0 radical (unpaired) electrons. The van der Waals surface area contributed by atoms with Gasteiger partial charge in [0, 0.05) is 0 Å². The summed E-state index contributed by atoms with van der Waals surface area (Å²) >= 11 is 0. The second kappa shape index (κ2) is 4.54. The molecule has 0 N–H and O–H groups in total. The van der Waals surface area contributed by atoms with Crippen LogP contribution >= 0.6 is 0 Å². The summed E-state index contributed by atoms with van der Waals surface area (Å²) in [6.45, 7) is 1.98. The van der Waals surface area contributed by atoms with Gasteiger partial charge in [0.2, 0.25) is 0 Å². The van der Waals surface area contributed by atoms with Crippen LogP contribution < -0.4 is 0 Å². The maximum atomic E-state index is 4.22. The molecule has 0 bridgehead atoms. The Morgan fingerprint density at radius 2 is 1.93 bits per heavy atom. The van der Waals surface area contributed by atoms with E-state index >= 15 is 0 Å². The zero-order valence-electron chi connectivity index (χ0n) is 8.87. The van der Waals surface area contributed by atoms with E-state index in [-0.39, 0.29) is 0 Å². The van der Waals surface area contributed by atoms with Crippen LogP contribution in [0, 0.1) is 12.8 Å². The van der Waals surface area contributed by atoms with Crippen molar-refractivity contribution in [2.24, 2.45) is 5.92 Å². The second-order valence-corrected chi connectivity index (χ2v) is 4.37. The Hall–Kier alpha value is -0.920. The number of aryl methyl sites for hydroxylation is 1. The van der Waals surface area contributed by atoms with Crippen molar-refractivity contribution in [1.29, 1.82) is 0 Å². The SMILES string of the molecule is Cc1ccc(CC2CCCCC2)nn1. The molecule has 1 aliphatic carbocycles. The highest BCUT2D eigenvalue weighted by Crippen LogP contribution is 2.25. The topological polar surface area (TPSA) is 25.8 Å². The van der Waals surface area contributed by atoms with E-state index in [0.29, 0.717) is 0 Å². The van der Waals surface area contributed by atoms with E-state index in [2.05, 4.69) is 22.3 Å². The van der Waals surface area contributed by atoms with Crippen LogP contribution in [-0.2, 0) is 6.42 Å². The Morgan fingerprint density at radius 1 is 1.14 bits per heavy atom. The summed E-state index contributed by atoms with van der Waals surface area (Å²) < 4.78 is 0. The van der Waals surface area contributed by atoms with E-state index in [1.165, 1.54) is 37.8 Å². The first-order valence-electron chi connectivity index (χ1n) is 5.64. The van der Waals surface area contributed by atoms with E-state index in [1.807, 2.05) is 6.92 Å². The fourth-order valence-corrected chi connectivity index (χ4v) is 2.22. The van der Waals surface area contributed by atoms with E-state index < -0.39 is 0 Å². The molecule has 0 aliphatic heterocycles. The van der Waals surface area contributed by atoms with Crippen molar-refractivity contribution in [1.82, 2.24) is 10.2 Å². The first-order chi connectivity index (χ1) is 6.84. The smallest absolute Gasteiger partial charge is 0.0634 e. The van der Waals surface area contributed by atoms with Gasteiger partial charge in [0.15, 0.2) is 0 Å². The van der Waals surface area contributed by atoms with Gasteiger partial charge in [-0.25, -0.2) is 0 Å². The molecule has 0 aromatic carbocycles. The van der Waals surface area contributed by atoms with Gasteiger partial charge in [0.05, 0.1) is 11.4 Å². The van der Waals surface area contributed by atoms with E-state index in [9.17, 15) is 0 Å². The molecule has 1 heterocycles. The van der Waals surface area contributed by atoms with Crippen molar-refractivity contribution in [2.45, 2.75) is 45.4 Å².